The van der Waals surface area contributed by atoms with Crippen LogP contribution in [0.4, 0.5) is 0 Å². The van der Waals surface area contributed by atoms with Crippen LogP contribution in [0.1, 0.15) is 48.3 Å². The number of aromatic hydroxyl groups is 1. The second kappa shape index (κ2) is 8.50. The summed E-state index contributed by atoms with van der Waals surface area (Å²) in [4.78, 5) is 29.0. The van der Waals surface area contributed by atoms with Gasteiger partial charge in [0, 0.05) is 17.6 Å². The van der Waals surface area contributed by atoms with E-state index in [1.165, 1.54) is 0 Å². The predicted molar refractivity (Wildman–Crippen MR) is 125 cm³/mol. The van der Waals surface area contributed by atoms with Gasteiger partial charge in [-0.3, -0.25) is 9.59 Å². The van der Waals surface area contributed by atoms with Crippen LogP contribution in [-0.2, 0) is 11.2 Å². The molecule has 2 amide bonds. The monoisotopic (exact) mass is 428 g/mol. The highest BCUT2D eigenvalue weighted by Gasteiger charge is 2.38. The lowest BCUT2D eigenvalue weighted by Crippen LogP contribution is -2.49. The van der Waals surface area contributed by atoms with Crippen LogP contribution in [0.25, 0.3) is 11.1 Å². The Morgan fingerprint density at radius 3 is 2.16 bits per heavy atom. The molecule has 164 valence electrons. The summed E-state index contributed by atoms with van der Waals surface area (Å²) >= 11 is 0. The first-order valence-electron chi connectivity index (χ1n) is 10.8. The van der Waals surface area contributed by atoms with Crippen LogP contribution in [0.3, 0.4) is 0 Å². The molecule has 0 aliphatic carbocycles. The zero-order chi connectivity index (χ0) is 22.9. The first-order chi connectivity index (χ1) is 15.2. The standard InChI is InChI=1S/C27H28N2O3/c1-27(2,3)28-25(31)24-22-10-6-4-8-20(22)21-9-5-7-11-23(21)26(32)29(24)17-16-18-12-14-19(30)15-13-18/h4-15,24,30H,16-17H2,1-3H3,(H,28,31). The molecule has 0 bridgehead atoms. The Bertz CT molecular complexity index is 1150. The van der Waals surface area contributed by atoms with E-state index in [4.69, 9.17) is 0 Å². The first-order valence-corrected chi connectivity index (χ1v) is 10.8. The van der Waals surface area contributed by atoms with E-state index in [2.05, 4.69) is 5.32 Å². The van der Waals surface area contributed by atoms with Gasteiger partial charge in [0.25, 0.3) is 5.91 Å². The summed E-state index contributed by atoms with van der Waals surface area (Å²) in [6.45, 7) is 6.18. The van der Waals surface area contributed by atoms with Crippen molar-refractivity contribution in [2.45, 2.75) is 38.8 Å². The van der Waals surface area contributed by atoms with Gasteiger partial charge in [0.15, 0.2) is 0 Å². The minimum absolute atomic E-state index is 0.162. The highest BCUT2D eigenvalue weighted by Crippen LogP contribution is 2.38. The zero-order valence-electron chi connectivity index (χ0n) is 18.6. The molecule has 2 N–H and O–H groups in total. The molecule has 5 nitrogen and oxygen atoms in total. The minimum atomic E-state index is -0.748. The zero-order valence-corrected chi connectivity index (χ0v) is 18.6. The second-order valence-corrected chi connectivity index (χ2v) is 9.19. The molecule has 32 heavy (non-hydrogen) atoms. The van der Waals surface area contributed by atoms with Gasteiger partial charge >= 0.3 is 0 Å². The van der Waals surface area contributed by atoms with Crippen LogP contribution in [0, 0.1) is 0 Å². The van der Waals surface area contributed by atoms with Crippen molar-refractivity contribution in [3.05, 3.63) is 89.5 Å². The summed E-state index contributed by atoms with van der Waals surface area (Å²) in [6, 6.07) is 21.5. The molecule has 0 saturated heterocycles. The number of carbonyl (C=O) groups excluding carboxylic acids is 2. The molecule has 5 heteroatoms. The lowest BCUT2D eigenvalue weighted by Gasteiger charge is -2.33. The number of phenolic OH excluding ortho intramolecular Hbond substituents is 1. The predicted octanol–water partition coefficient (Wildman–Crippen LogP) is 4.71. The van der Waals surface area contributed by atoms with E-state index in [0.29, 0.717) is 18.5 Å². The highest BCUT2D eigenvalue weighted by atomic mass is 16.3. The number of rotatable bonds is 4. The Hall–Kier alpha value is -3.60. The molecular weight excluding hydrogens is 400 g/mol. The Morgan fingerprint density at radius 1 is 0.906 bits per heavy atom. The molecule has 0 saturated carbocycles. The van der Waals surface area contributed by atoms with Crippen molar-refractivity contribution < 1.29 is 14.7 Å². The number of hydrogen-bond donors (Lipinski definition) is 2. The maximum Gasteiger partial charge on any atom is 0.255 e. The number of carbonyl (C=O) groups is 2. The second-order valence-electron chi connectivity index (χ2n) is 9.19. The van der Waals surface area contributed by atoms with E-state index in [1.807, 2.05) is 81.4 Å². The number of hydrogen-bond acceptors (Lipinski definition) is 3. The van der Waals surface area contributed by atoms with Crippen LogP contribution in [0.15, 0.2) is 72.8 Å². The summed E-state index contributed by atoms with van der Waals surface area (Å²) in [5, 5.41) is 12.7. The molecule has 1 heterocycles. The summed E-state index contributed by atoms with van der Waals surface area (Å²) in [5.74, 6) is -0.161. The van der Waals surface area contributed by atoms with E-state index < -0.39 is 11.6 Å². The molecule has 1 unspecified atom stereocenters. The Kier molecular flexibility index (Phi) is 5.74. The average molecular weight is 429 g/mol. The van der Waals surface area contributed by atoms with E-state index in [9.17, 15) is 14.7 Å². The van der Waals surface area contributed by atoms with Gasteiger partial charge in [-0.1, -0.05) is 54.6 Å². The molecular formula is C27H28N2O3. The number of amides is 2. The number of nitrogens with one attached hydrogen (secondary N) is 1. The van der Waals surface area contributed by atoms with Crippen molar-refractivity contribution in [3.63, 3.8) is 0 Å². The van der Waals surface area contributed by atoms with Crippen LogP contribution >= 0.6 is 0 Å². The number of phenols is 1. The topological polar surface area (TPSA) is 69.6 Å². The molecule has 0 aromatic heterocycles. The molecule has 4 rings (SSSR count). The van der Waals surface area contributed by atoms with Gasteiger partial charge in [0.05, 0.1) is 0 Å². The third kappa shape index (κ3) is 4.37. The van der Waals surface area contributed by atoms with Gasteiger partial charge in [-0.2, -0.15) is 0 Å². The number of fused-ring (bicyclic) bond motifs is 3. The first kappa shape index (κ1) is 21.6. The van der Waals surface area contributed by atoms with E-state index in [-0.39, 0.29) is 17.6 Å². The average Bonchev–Trinajstić information content (AvgIpc) is 2.86. The van der Waals surface area contributed by atoms with Crippen LogP contribution in [-0.4, -0.2) is 33.9 Å². The van der Waals surface area contributed by atoms with Crippen molar-refractivity contribution in [2.75, 3.05) is 6.54 Å². The number of nitrogens with zero attached hydrogens (tertiary/aromatic N) is 1. The summed E-state index contributed by atoms with van der Waals surface area (Å²) in [7, 11) is 0. The Balaban J connectivity index is 1.81. The fourth-order valence-corrected chi connectivity index (χ4v) is 4.19. The van der Waals surface area contributed by atoms with E-state index >= 15 is 0 Å². The van der Waals surface area contributed by atoms with E-state index in [1.54, 1.807) is 17.0 Å². The van der Waals surface area contributed by atoms with Gasteiger partial charge in [0.1, 0.15) is 11.8 Å². The Morgan fingerprint density at radius 2 is 1.50 bits per heavy atom. The largest absolute Gasteiger partial charge is 0.508 e. The molecule has 1 aliphatic rings. The van der Waals surface area contributed by atoms with Gasteiger partial charge in [0.2, 0.25) is 5.91 Å². The van der Waals surface area contributed by atoms with Crippen molar-refractivity contribution in [1.29, 1.82) is 0 Å². The summed E-state index contributed by atoms with van der Waals surface area (Å²) < 4.78 is 0. The van der Waals surface area contributed by atoms with Crippen LogP contribution in [0.5, 0.6) is 5.75 Å². The Labute approximate surface area is 188 Å². The fraction of sp³-hybridized carbons (Fsp3) is 0.259. The molecule has 1 aliphatic heterocycles. The molecule has 3 aromatic rings. The van der Waals surface area contributed by atoms with Crippen molar-refractivity contribution in [1.82, 2.24) is 10.2 Å². The lowest BCUT2D eigenvalue weighted by molar-refractivity contribution is -0.127. The third-order valence-corrected chi connectivity index (χ3v) is 5.60. The van der Waals surface area contributed by atoms with Gasteiger partial charge < -0.3 is 15.3 Å². The fourth-order valence-electron chi connectivity index (χ4n) is 4.19. The molecule has 0 fully saturated rings. The molecule has 0 radical (unpaired) electrons. The van der Waals surface area contributed by atoms with E-state index in [0.717, 1.165) is 22.3 Å². The SMILES string of the molecule is CC(C)(C)NC(=O)C1c2ccccc2-c2ccccc2C(=O)N1CCc1ccc(O)cc1. The third-order valence-electron chi connectivity index (χ3n) is 5.60. The maximum atomic E-state index is 13.8. The smallest absolute Gasteiger partial charge is 0.255 e. The highest BCUT2D eigenvalue weighted by molar-refractivity contribution is 6.06. The minimum Gasteiger partial charge on any atom is -0.508 e. The van der Waals surface area contributed by atoms with Crippen molar-refractivity contribution in [2.24, 2.45) is 0 Å². The van der Waals surface area contributed by atoms with Crippen molar-refractivity contribution in [3.8, 4) is 16.9 Å². The summed E-state index contributed by atoms with van der Waals surface area (Å²) in [6.07, 6.45) is 0.565. The number of benzene rings is 3. The lowest BCUT2D eigenvalue weighted by atomic mass is 9.93. The van der Waals surface area contributed by atoms with Crippen LogP contribution < -0.4 is 5.32 Å². The molecule has 0 spiro atoms. The van der Waals surface area contributed by atoms with Gasteiger partial charge in [-0.15, -0.1) is 0 Å². The van der Waals surface area contributed by atoms with Crippen molar-refractivity contribution >= 4 is 11.8 Å². The molecule has 1 atom stereocenters. The maximum absolute atomic E-state index is 13.8. The quantitative estimate of drug-likeness (QED) is 0.632. The molecule has 3 aromatic carbocycles. The van der Waals surface area contributed by atoms with Crippen LogP contribution in [0.2, 0.25) is 0 Å². The van der Waals surface area contributed by atoms with Gasteiger partial charge in [-0.05, 0) is 67.6 Å². The normalized spacial score (nSPS) is 15.5. The summed E-state index contributed by atoms with van der Waals surface area (Å²) in [5.41, 5.74) is 3.70. The van der Waals surface area contributed by atoms with Gasteiger partial charge in [-0.25, -0.2) is 0 Å².